The fourth-order valence-corrected chi connectivity index (χ4v) is 3.17. The van der Waals surface area contributed by atoms with E-state index in [-0.39, 0.29) is 0 Å². The topological polar surface area (TPSA) is 38.5 Å². The SMILES string of the molecule is CCCc1nn(C)c2c1[nH]c(=S)n2C(CC)CCC. The fourth-order valence-electron chi connectivity index (χ4n) is 2.84. The summed E-state index contributed by atoms with van der Waals surface area (Å²) in [5.41, 5.74) is 3.41. The summed E-state index contributed by atoms with van der Waals surface area (Å²) in [7, 11) is 2.01. The van der Waals surface area contributed by atoms with Gasteiger partial charge in [0.2, 0.25) is 0 Å². The molecule has 0 saturated carbocycles. The Morgan fingerprint density at radius 2 is 2.00 bits per heavy atom. The van der Waals surface area contributed by atoms with Gasteiger partial charge in [-0.05, 0) is 31.5 Å². The van der Waals surface area contributed by atoms with E-state index in [2.05, 4.69) is 35.4 Å². The van der Waals surface area contributed by atoms with Crippen molar-refractivity contribution in [3.05, 3.63) is 10.5 Å². The van der Waals surface area contributed by atoms with E-state index in [9.17, 15) is 0 Å². The predicted octanol–water partition coefficient (Wildman–Crippen LogP) is 4.14. The van der Waals surface area contributed by atoms with E-state index in [1.165, 1.54) is 6.42 Å². The number of aromatic amines is 1. The first kappa shape index (κ1) is 14.3. The van der Waals surface area contributed by atoms with Crippen molar-refractivity contribution in [2.75, 3.05) is 0 Å². The Morgan fingerprint density at radius 1 is 1.26 bits per heavy atom. The van der Waals surface area contributed by atoms with Crippen LogP contribution in [-0.4, -0.2) is 19.3 Å². The second-order valence-electron chi connectivity index (χ2n) is 5.17. The third-order valence-electron chi connectivity index (χ3n) is 3.71. The van der Waals surface area contributed by atoms with E-state index in [0.29, 0.717) is 6.04 Å². The maximum absolute atomic E-state index is 5.53. The third kappa shape index (κ3) is 2.48. The quantitative estimate of drug-likeness (QED) is 0.808. The molecule has 2 aromatic rings. The molecule has 0 aliphatic heterocycles. The van der Waals surface area contributed by atoms with Crippen LogP contribution in [0.2, 0.25) is 0 Å². The van der Waals surface area contributed by atoms with Crippen molar-refractivity contribution in [2.24, 2.45) is 7.05 Å². The Hall–Kier alpha value is -1.10. The average Bonchev–Trinajstić information content (AvgIpc) is 2.86. The lowest BCUT2D eigenvalue weighted by Crippen LogP contribution is -2.10. The van der Waals surface area contributed by atoms with Crippen LogP contribution in [-0.2, 0) is 13.5 Å². The molecule has 2 aromatic heterocycles. The molecule has 106 valence electrons. The summed E-state index contributed by atoms with van der Waals surface area (Å²) in [5.74, 6) is 0. The van der Waals surface area contributed by atoms with Crippen LogP contribution >= 0.6 is 12.2 Å². The highest BCUT2D eigenvalue weighted by Gasteiger charge is 2.19. The van der Waals surface area contributed by atoms with Crippen molar-refractivity contribution in [3.63, 3.8) is 0 Å². The van der Waals surface area contributed by atoms with Gasteiger partial charge in [-0.1, -0.05) is 33.6 Å². The normalized spacial score (nSPS) is 13.3. The number of rotatable bonds is 6. The molecular weight excluding hydrogens is 256 g/mol. The van der Waals surface area contributed by atoms with Crippen LogP contribution in [0.3, 0.4) is 0 Å². The number of hydrogen-bond acceptors (Lipinski definition) is 2. The van der Waals surface area contributed by atoms with Gasteiger partial charge in [0.1, 0.15) is 5.52 Å². The maximum Gasteiger partial charge on any atom is 0.179 e. The summed E-state index contributed by atoms with van der Waals surface area (Å²) in [6.45, 7) is 6.63. The standard InChI is InChI=1S/C14H24N4S/c1-5-8-10(7-3)18-13-12(15-14(18)19)11(9-6-2)16-17(13)4/h10H,5-9H2,1-4H3,(H,15,19). The molecule has 1 unspecified atom stereocenters. The lowest BCUT2D eigenvalue weighted by molar-refractivity contribution is 0.446. The van der Waals surface area contributed by atoms with Gasteiger partial charge in [0, 0.05) is 13.1 Å². The first-order valence-electron chi connectivity index (χ1n) is 7.30. The number of H-pyrrole nitrogens is 1. The number of nitrogens with one attached hydrogen (secondary N) is 1. The molecular formula is C14H24N4S. The minimum atomic E-state index is 0.469. The molecule has 1 atom stereocenters. The minimum Gasteiger partial charge on any atom is -0.328 e. The van der Waals surface area contributed by atoms with Gasteiger partial charge in [0.25, 0.3) is 0 Å². The van der Waals surface area contributed by atoms with Crippen LogP contribution in [0.5, 0.6) is 0 Å². The number of fused-ring (bicyclic) bond motifs is 1. The second kappa shape index (κ2) is 5.90. The predicted molar refractivity (Wildman–Crippen MR) is 82.1 cm³/mol. The van der Waals surface area contributed by atoms with E-state index in [0.717, 1.165) is 47.3 Å². The molecule has 0 radical (unpaired) electrons. The van der Waals surface area contributed by atoms with Crippen molar-refractivity contribution >= 4 is 23.4 Å². The first-order chi connectivity index (χ1) is 9.13. The Labute approximate surface area is 119 Å². The van der Waals surface area contributed by atoms with Crippen LogP contribution in [0.4, 0.5) is 0 Å². The van der Waals surface area contributed by atoms with Gasteiger partial charge in [-0.25, -0.2) is 0 Å². The smallest absolute Gasteiger partial charge is 0.179 e. The molecule has 0 amide bonds. The number of imidazole rings is 1. The zero-order valence-corrected chi connectivity index (χ0v) is 13.2. The molecule has 0 saturated heterocycles. The molecule has 0 aliphatic carbocycles. The number of aryl methyl sites for hydroxylation is 2. The van der Waals surface area contributed by atoms with Gasteiger partial charge >= 0.3 is 0 Å². The minimum absolute atomic E-state index is 0.469. The van der Waals surface area contributed by atoms with Gasteiger partial charge in [-0.2, -0.15) is 5.10 Å². The summed E-state index contributed by atoms with van der Waals surface area (Å²) < 4.78 is 5.08. The first-order valence-corrected chi connectivity index (χ1v) is 7.70. The molecule has 0 bridgehead atoms. The van der Waals surface area contributed by atoms with Gasteiger partial charge in [-0.3, -0.25) is 9.25 Å². The van der Waals surface area contributed by atoms with E-state index >= 15 is 0 Å². The van der Waals surface area contributed by atoms with Crippen molar-refractivity contribution in [2.45, 2.75) is 58.9 Å². The summed E-state index contributed by atoms with van der Waals surface area (Å²) in [4.78, 5) is 3.37. The van der Waals surface area contributed by atoms with Crippen molar-refractivity contribution < 1.29 is 0 Å². The molecule has 1 N–H and O–H groups in total. The fraction of sp³-hybridized carbons (Fsp3) is 0.714. The highest BCUT2D eigenvalue weighted by molar-refractivity contribution is 7.71. The van der Waals surface area contributed by atoms with Gasteiger partial charge in [-0.15, -0.1) is 0 Å². The highest BCUT2D eigenvalue weighted by atomic mass is 32.1. The molecule has 2 heterocycles. The van der Waals surface area contributed by atoms with Crippen LogP contribution in [0, 0.1) is 4.77 Å². The third-order valence-corrected chi connectivity index (χ3v) is 4.01. The average molecular weight is 280 g/mol. The molecule has 0 spiro atoms. The summed E-state index contributed by atoms with van der Waals surface area (Å²) >= 11 is 5.53. The molecule has 19 heavy (non-hydrogen) atoms. The molecule has 0 aromatic carbocycles. The Balaban J connectivity index is 2.61. The van der Waals surface area contributed by atoms with Gasteiger partial charge < -0.3 is 4.98 Å². The van der Waals surface area contributed by atoms with Crippen molar-refractivity contribution in [1.29, 1.82) is 0 Å². The molecule has 0 fully saturated rings. The summed E-state index contributed by atoms with van der Waals surface area (Å²) in [6.07, 6.45) is 5.53. The van der Waals surface area contributed by atoms with Crippen molar-refractivity contribution in [3.8, 4) is 0 Å². The molecule has 2 rings (SSSR count). The Morgan fingerprint density at radius 3 is 2.58 bits per heavy atom. The lowest BCUT2D eigenvalue weighted by Gasteiger charge is -2.16. The molecule has 4 nitrogen and oxygen atoms in total. The summed E-state index contributed by atoms with van der Waals surface area (Å²) in [6, 6.07) is 0.469. The summed E-state index contributed by atoms with van der Waals surface area (Å²) in [5, 5.41) is 4.64. The van der Waals surface area contributed by atoms with Crippen LogP contribution in [0.25, 0.3) is 11.2 Å². The van der Waals surface area contributed by atoms with Crippen LogP contribution in [0.15, 0.2) is 0 Å². The second-order valence-corrected chi connectivity index (χ2v) is 5.56. The monoisotopic (exact) mass is 280 g/mol. The Bertz CT molecular complexity index is 605. The van der Waals surface area contributed by atoms with E-state index in [1.54, 1.807) is 0 Å². The van der Waals surface area contributed by atoms with Crippen molar-refractivity contribution in [1.82, 2.24) is 19.3 Å². The molecule has 0 aliphatic rings. The highest BCUT2D eigenvalue weighted by Crippen LogP contribution is 2.26. The zero-order chi connectivity index (χ0) is 14.0. The number of hydrogen-bond donors (Lipinski definition) is 1. The van der Waals surface area contributed by atoms with Crippen LogP contribution in [0.1, 0.15) is 58.2 Å². The Kier molecular flexibility index (Phi) is 4.45. The molecule has 5 heteroatoms. The van der Waals surface area contributed by atoms with E-state index < -0.39 is 0 Å². The van der Waals surface area contributed by atoms with Gasteiger partial charge in [0.05, 0.1) is 5.69 Å². The number of nitrogens with zero attached hydrogens (tertiary/aromatic N) is 3. The van der Waals surface area contributed by atoms with Crippen LogP contribution < -0.4 is 0 Å². The zero-order valence-electron chi connectivity index (χ0n) is 12.4. The van der Waals surface area contributed by atoms with E-state index in [1.807, 2.05) is 11.7 Å². The van der Waals surface area contributed by atoms with E-state index in [4.69, 9.17) is 12.2 Å². The maximum atomic E-state index is 5.53. The number of aromatic nitrogens is 4. The van der Waals surface area contributed by atoms with Gasteiger partial charge in [0.15, 0.2) is 10.4 Å². The lowest BCUT2D eigenvalue weighted by atomic mass is 10.1. The largest absolute Gasteiger partial charge is 0.328 e.